The Kier molecular flexibility index (Phi) is 7.61. The molecular weight excluding hydrogens is 484 g/mol. The lowest BCUT2D eigenvalue weighted by molar-refractivity contribution is 0.210. The maximum Gasteiger partial charge on any atom is 0.180 e. The molecule has 1 unspecified atom stereocenters. The average molecular weight is 525 g/mol. The molecule has 0 radical (unpaired) electrons. The minimum Gasteiger partial charge on any atom is -0.358 e. The van der Waals surface area contributed by atoms with E-state index < -0.39 is 0 Å². The molecule has 1 aromatic heterocycles. The van der Waals surface area contributed by atoms with Crippen LogP contribution in [0.2, 0.25) is 0 Å². The number of benzene rings is 2. The van der Waals surface area contributed by atoms with Crippen LogP contribution in [0.1, 0.15) is 64.4 Å². The lowest BCUT2D eigenvalue weighted by Gasteiger charge is -2.38. The van der Waals surface area contributed by atoms with Gasteiger partial charge in [0, 0.05) is 31.4 Å². The second-order valence-corrected chi connectivity index (χ2v) is 11.2. The molecule has 204 valence electrons. The zero-order valence-corrected chi connectivity index (χ0v) is 23.3. The first-order chi connectivity index (χ1) is 19.2. The third kappa shape index (κ3) is 5.70. The summed E-state index contributed by atoms with van der Waals surface area (Å²) in [5, 5.41) is 14.6. The van der Waals surface area contributed by atoms with Crippen molar-refractivity contribution in [2.24, 2.45) is 10.9 Å². The molecule has 0 bridgehead atoms. The second kappa shape index (κ2) is 11.6. The number of hydrogen-bond acceptors (Lipinski definition) is 7. The number of fused-ring (bicyclic) bond motifs is 1. The number of tetrazole rings is 1. The zero-order chi connectivity index (χ0) is 26.6. The van der Waals surface area contributed by atoms with Crippen LogP contribution < -0.4 is 0 Å². The Morgan fingerprint density at radius 2 is 1.77 bits per heavy atom. The SMILES string of the molecule is CCCCCC1N=C2C(=CN(CCC)CN2CC2CC2)N1Cc1ccc(-c2ccccc2-c2nnn[nH]2)cc1. The van der Waals surface area contributed by atoms with Crippen LogP contribution in [0.3, 0.4) is 0 Å². The van der Waals surface area contributed by atoms with Crippen LogP contribution in [0.15, 0.2) is 65.4 Å². The van der Waals surface area contributed by atoms with Crippen molar-refractivity contribution in [1.82, 2.24) is 35.3 Å². The first-order valence-electron chi connectivity index (χ1n) is 14.7. The molecule has 8 heteroatoms. The molecule has 0 saturated heterocycles. The van der Waals surface area contributed by atoms with Crippen molar-refractivity contribution >= 4 is 5.84 Å². The van der Waals surface area contributed by atoms with Crippen LogP contribution in [-0.2, 0) is 6.54 Å². The summed E-state index contributed by atoms with van der Waals surface area (Å²) in [5.41, 5.74) is 5.89. The minimum absolute atomic E-state index is 0.209. The summed E-state index contributed by atoms with van der Waals surface area (Å²) in [6.45, 7) is 8.60. The molecule has 0 amide bonds. The molecule has 6 rings (SSSR count). The van der Waals surface area contributed by atoms with E-state index in [1.807, 2.05) is 6.07 Å². The molecule has 8 nitrogen and oxygen atoms in total. The maximum atomic E-state index is 5.37. The van der Waals surface area contributed by atoms with E-state index in [1.54, 1.807) is 0 Å². The molecule has 1 atom stereocenters. The van der Waals surface area contributed by atoms with Crippen LogP contribution in [0.25, 0.3) is 22.5 Å². The Balaban J connectivity index is 1.26. The topological polar surface area (TPSA) is 76.5 Å². The molecule has 1 aliphatic carbocycles. The highest BCUT2D eigenvalue weighted by Crippen LogP contribution is 2.36. The predicted octanol–water partition coefficient (Wildman–Crippen LogP) is 5.89. The molecule has 3 aliphatic rings. The van der Waals surface area contributed by atoms with Crippen LogP contribution in [-0.4, -0.2) is 67.1 Å². The smallest absolute Gasteiger partial charge is 0.180 e. The van der Waals surface area contributed by atoms with Gasteiger partial charge in [0.1, 0.15) is 6.17 Å². The van der Waals surface area contributed by atoms with E-state index in [9.17, 15) is 0 Å². The number of aliphatic imine (C=N–C) groups is 1. The number of rotatable bonds is 12. The van der Waals surface area contributed by atoms with E-state index in [-0.39, 0.29) is 6.17 Å². The molecule has 3 heterocycles. The van der Waals surface area contributed by atoms with Crippen molar-refractivity contribution in [3.05, 3.63) is 66.0 Å². The number of nitrogens with one attached hydrogen (secondary N) is 1. The third-order valence-electron chi connectivity index (χ3n) is 8.02. The van der Waals surface area contributed by atoms with Crippen LogP contribution in [0, 0.1) is 5.92 Å². The largest absolute Gasteiger partial charge is 0.358 e. The number of aromatic amines is 1. The van der Waals surface area contributed by atoms with Crippen LogP contribution in [0.5, 0.6) is 0 Å². The van der Waals surface area contributed by atoms with E-state index in [1.165, 1.54) is 49.2 Å². The fraction of sp³-hybridized carbons (Fsp3) is 0.484. The minimum atomic E-state index is 0.209. The number of hydrogen-bond donors (Lipinski definition) is 1. The lowest BCUT2D eigenvalue weighted by Crippen LogP contribution is -2.46. The zero-order valence-electron chi connectivity index (χ0n) is 23.3. The predicted molar refractivity (Wildman–Crippen MR) is 155 cm³/mol. The summed E-state index contributed by atoms with van der Waals surface area (Å²) in [5.74, 6) is 2.75. The van der Waals surface area contributed by atoms with Crippen molar-refractivity contribution in [2.75, 3.05) is 19.8 Å². The van der Waals surface area contributed by atoms with E-state index in [0.717, 1.165) is 61.8 Å². The number of amidine groups is 1. The van der Waals surface area contributed by atoms with Gasteiger partial charge in [0.25, 0.3) is 0 Å². The number of aromatic nitrogens is 4. The normalized spacial score (nSPS) is 18.8. The van der Waals surface area contributed by atoms with Gasteiger partial charge in [0.2, 0.25) is 0 Å². The van der Waals surface area contributed by atoms with Gasteiger partial charge in [-0.2, -0.15) is 0 Å². The van der Waals surface area contributed by atoms with E-state index in [0.29, 0.717) is 5.82 Å². The van der Waals surface area contributed by atoms with E-state index in [2.05, 4.69) is 97.8 Å². The number of H-pyrrole nitrogens is 1. The Bertz CT molecular complexity index is 1290. The summed E-state index contributed by atoms with van der Waals surface area (Å²) in [4.78, 5) is 13.0. The summed E-state index contributed by atoms with van der Waals surface area (Å²) < 4.78 is 0. The molecule has 39 heavy (non-hydrogen) atoms. The maximum absolute atomic E-state index is 5.37. The van der Waals surface area contributed by atoms with Crippen molar-refractivity contribution in [3.8, 4) is 22.5 Å². The Labute approximate surface area is 231 Å². The summed E-state index contributed by atoms with van der Waals surface area (Å²) in [7, 11) is 0. The van der Waals surface area contributed by atoms with Gasteiger partial charge in [0.05, 0.1) is 12.4 Å². The van der Waals surface area contributed by atoms with Crippen LogP contribution >= 0.6 is 0 Å². The van der Waals surface area contributed by atoms with Gasteiger partial charge in [0.15, 0.2) is 11.7 Å². The van der Waals surface area contributed by atoms with Gasteiger partial charge in [-0.25, -0.2) is 10.1 Å². The van der Waals surface area contributed by atoms with Gasteiger partial charge < -0.3 is 14.7 Å². The van der Waals surface area contributed by atoms with Gasteiger partial charge in [-0.1, -0.05) is 75.2 Å². The molecule has 2 aromatic carbocycles. The van der Waals surface area contributed by atoms with E-state index in [4.69, 9.17) is 4.99 Å². The van der Waals surface area contributed by atoms with Crippen molar-refractivity contribution in [1.29, 1.82) is 0 Å². The highest BCUT2D eigenvalue weighted by Gasteiger charge is 2.38. The number of unbranched alkanes of at least 4 members (excludes halogenated alkanes) is 2. The summed E-state index contributed by atoms with van der Waals surface area (Å²) >= 11 is 0. The Morgan fingerprint density at radius 1 is 0.949 bits per heavy atom. The summed E-state index contributed by atoms with van der Waals surface area (Å²) in [6, 6.07) is 17.2. The fourth-order valence-corrected chi connectivity index (χ4v) is 5.81. The molecule has 1 N–H and O–H groups in total. The highest BCUT2D eigenvalue weighted by molar-refractivity contribution is 6.00. The second-order valence-electron chi connectivity index (χ2n) is 11.2. The molecule has 1 saturated carbocycles. The van der Waals surface area contributed by atoms with Crippen LogP contribution in [0.4, 0.5) is 0 Å². The van der Waals surface area contributed by atoms with Gasteiger partial charge in [-0.05, 0) is 65.1 Å². The monoisotopic (exact) mass is 524 g/mol. The van der Waals surface area contributed by atoms with Gasteiger partial charge in [-0.3, -0.25) is 0 Å². The van der Waals surface area contributed by atoms with E-state index >= 15 is 0 Å². The van der Waals surface area contributed by atoms with Crippen molar-refractivity contribution in [3.63, 3.8) is 0 Å². The standard InChI is InChI=1S/C31H40N8/c1-3-5-6-11-29-32-31-28(21-37(18-4-2)22-38(31)19-23-12-13-23)39(29)20-24-14-16-25(17-15-24)26-9-7-8-10-27(26)30-33-35-36-34-30/h7-10,14-17,21,23,29H,3-6,11-13,18-20,22H2,1-2H3,(H,33,34,35,36). The lowest BCUT2D eigenvalue weighted by atomic mass is 9.98. The average Bonchev–Trinajstić information content (AvgIpc) is 3.47. The quantitative estimate of drug-likeness (QED) is 0.298. The van der Waals surface area contributed by atoms with Gasteiger partial charge in [-0.15, -0.1) is 5.10 Å². The Hall–Kier alpha value is -3.68. The highest BCUT2D eigenvalue weighted by atomic mass is 15.5. The summed E-state index contributed by atoms with van der Waals surface area (Å²) in [6.07, 6.45) is 11.3. The van der Waals surface area contributed by atoms with Gasteiger partial charge >= 0.3 is 0 Å². The molecule has 3 aromatic rings. The first-order valence-corrected chi connectivity index (χ1v) is 14.7. The van der Waals surface area contributed by atoms with Crippen molar-refractivity contribution < 1.29 is 0 Å². The molecule has 1 fully saturated rings. The van der Waals surface area contributed by atoms with Crippen molar-refractivity contribution in [2.45, 2.75) is 71.5 Å². The first kappa shape index (κ1) is 25.6. The molecular formula is C31H40N8. The molecule has 2 aliphatic heterocycles. The fourth-order valence-electron chi connectivity index (χ4n) is 5.81. The molecule has 0 spiro atoms. The Morgan fingerprint density at radius 3 is 2.49 bits per heavy atom. The third-order valence-corrected chi connectivity index (χ3v) is 8.02. The number of nitrogens with zero attached hydrogens (tertiary/aromatic N) is 7.